The molecule has 1 N–H and O–H groups in total. The third-order valence-corrected chi connectivity index (χ3v) is 7.24. The minimum atomic E-state index is -0.307. The second kappa shape index (κ2) is 8.61. The van der Waals surface area contributed by atoms with E-state index in [2.05, 4.69) is 46.3 Å². The number of thiophene rings is 1. The summed E-state index contributed by atoms with van der Waals surface area (Å²) >= 11 is 7.79. The molecule has 0 saturated carbocycles. The van der Waals surface area contributed by atoms with Gasteiger partial charge in [0.25, 0.3) is 5.91 Å². The number of nitrogens with one attached hydrogen (secondary N) is 1. The summed E-state index contributed by atoms with van der Waals surface area (Å²) in [5, 5.41) is 6.72. The third kappa shape index (κ3) is 3.70. The molecule has 0 fully saturated rings. The average molecular weight is 458 g/mol. The molecule has 1 amide bonds. The van der Waals surface area contributed by atoms with Gasteiger partial charge in [-0.1, -0.05) is 78.3 Å². The topological polar surface area (TPSA) is 46.4 Å². The molecule has 6 heteroatoms. The van der Waals surface area contributed by atoms with Crippen molar-refractivity contribution in [3.05, 3.63) is 106 Å². The van der Waals surface area contributed by atoms with Crippen LogP contribution in [0.25, 0.3) is 21.0 Å². The number of hydrazone groups is 1. The standard InChI is InChI=1S/C26H20ClN3OS/c1-17-21(15-28-29-26(31)25-24(27)20-12-6-8-14-23(20)32-25)19-11-5-7-13-22(19)30(17)16-18-9-3-2-4-10-18/h2-15H,16H2,1H3,(H,29,31)/b28-15+. The van der Waals surface area contributed by atoms with Crippen LogP contribution in [0.5, 0.6) is 0 Å². The van der Waals surface area contributed by atoms with E-state index in [9.17, 15) is 4.79 Å². The molecule has 0 spiro atoms. The van der Waals surface area contributed by atoms with Gasteiger partial charge in [-0.2, -0.15) is 5.10 Å². The number of hydrogen-bond donors (Lipinski definition) is 1. The molecule has 5 rings (SSSR count). The lowest BCUT2D eigenvalue weighted by Gasteiger charge is -2.08. The average Bonchev–Trinajstić information content (AvgIpc) is 3.30. The number of fused-ring (bicyclic) bond motifs is 2. The highest BCUT2D eigenvalue weighted by atomic mass is 35.5. The van der Waals surface area contributed by atoms with Crippen LogP contribution in [0.2, 0.25) is 5.02 Å². The Kier molecular flexibility index (Phi) is 5.52. The predicted molar refractivity (Wildman–Crippen MR) is 134 cm³/mol. The first-order chi connectivity index (χ1) is 15.6. The first-order valence-electron chi connectivity index (χ1n) is 10.3. The first-order valence-corrected chi connectivity index (χ1v) is 11.4. The summed E-state index contributed by atoms with van der Waals surface area (Å²) < 4.78 is 3.25. The Labute approximate surface area is 194 Å². The van der Waals surface area contributed by atoms with Crippen molar-refractivity contribution in [3.63, 3.8) is 0 Å². The zero-order valence-corrected chi connectivity index (χ0v) is 19.0. The van der Waals surface area contributed by atoms with Gasteiger partial charge in [0.15, 0.2) is 0 Å². The molecule has 0 bridgehead atoms. The van der Waals surface area contributed by atoms with Crippen molar-refractivity contribution in [1.82, 2.24) is 9.99 Å². The van der Waals surface area contributed by atoms with E-state index >= 15 is 0 Å². The SMILES string of the molecule is Cc1c(/C=N/NC(=O)c2sc3ccccc3c2Cl)c2ccccc2n1Cc1ccccc1. The van der Waals surface area contributed by atoms with Crippen molar-refractivity contribution in [1.29, 1.82) is 0 Å². The number of halogens is 1. The fraction of sp³-hybridized carbons (Fsp3) is 0.0769. The minimum Gasteiger partial charge on any atom is -0.340 e. The highest BCUT2D eigenvalue weighted by Gasteiger charge is 2.17. The van der Waals surface area contributed by atoms with Gasteiger partial charge in [0.05, 0.1) is 11.2 Å². The lowest BCUT2D eigenvalue weighted by atomic mass is 10.1. The molecule has 2 aromatic heterocycles. The van der Waals surface area contributed by atoms with E-state index in [0.717, 1.165) is 38.8 Å². The van der Waals surface area contributed by atoms with E-state index in [-0.39, 0.29) is 5.91 Å². The van der Waals surface area contributed by atoms with E-state index in [0.29, 0.717) is 9.90 Å². The molecule has 158 valence electrons. The van der Waals surface area contributed by atoms with Gasteiger partial charge in [0.1, 0.15) is 4.88 Å². The fourth-order valence-electron chi connectivity index (χ4n) is 3.96. The van der Waals surface area contributed by atoms with Crippen LogP contribution in [0.3, 0.4) is 0 Å². The number of para-hydroxylation sites is 1. The fourth-order valence-corrected chi connectivity index (χ4v) is 5.36. The largest absolute Gasteiger partial charge is 0.340 e. The van der Waals surface area contributed by atoms with Crippen molar-refractivity contribution < 1.29 is 4.79 Å². The van der Waals surface area contributed by atoms with E-state index < -0.39 is 0 Å². The Morgan fingerprint density at radius 3 is 2.47 bits per heavy atom. The highest BCUT2D eigenvalue weighted by molar-refractivity contribution is 7.21. The van der Waals surface area contributed by atoms with Crippen molar-refractivity contribution >= 4 is 56.0 Å². The number of hydrogen-bond acceptors (Lipinski definition) is 3. The van der Waals surface area contributed by atoms with Gasteiger partial charge >= 0.3 is 0 Å². The molecule has 0 aliphatic carbocycles. The Morgan fingerprint density at radius 1 is 1.00 bits per heavy atom. The zero-order valence-electron chi connectivity index (χ0n) is 17.4. The van der Waals surface area contributed by atoms with Gasteiger partial charge in [-0.05, 0) is 24.6 Å². The second-order valence-electron chi connectivity index (χ2n) is 7.53. The molecule has 0 atom stereocenters. The summed E-state index contributed by atoms with van der Waals surface area (Å²) in [5.41, 5.74) is 7.09. The molecule has 5 aromatic rings. The Morgan fingerprint density at radius 2 is 1.69 bits per heavy atom. The van der Waals surface area contributed by atoms with E-state index in [1.165, 1.54) is 16.9 Å². The van der Waals surface area contributed by atoms with Gasteiger partial charge in [-0.15, -0.1) is 11.3 Å². The van der Waals surface area contributed by atoms with E-state index in [1.807, 2.05) is 54.6 Å². The summed E-state index contributed by atoms with van der Waals surface area (Å²) in [4.78, 5) is 13.2. The van der Waals surface area contributed by atoms with Crippen molar-refractivity contribution in [2.45, 2.75) is 13.5 Å². The second-order valence-corrected chi connectivity index (χ2v) is 8.96. The third-order valence-electron chi connectivity index (χ3n) is 5.56. The van der Waals surface area contributed by atoms with Crippen LogP contribution in [0.4, 0.5) is 0 Å². The van der Waals surface area contributed by atoms with Gasteiger partial charge in [-0.3, -0.25) is 4.79 Å². The molecule has 0 aliphatic rings. The molecular weight excluding hydrogens is 438 g/mol. The molecule has 0 unspecified atom stereocenters. The predicted octanol–water partition coefficient (Wildman–Crippen LogP) is 6.63. The summed E-state index contributed by atoms with van der Waals surface area (Å²) in [6, 6.07) is 26.3. The van der Waals surface area contributed by atoms with Crippen LogP contribution in [0.1, 0.15) is 26.5 Å². The van der Waals surface area contributed by atoms with E-state index in [4.69, 9.17) is 11.6 Å². The highest BCUT2D eigenvalue weighted by Crippen LogP contribution is 2.35. The summed E-state index contributed by atoms with van der Waals surface area (Å²) in [5.74, 6) is -0.307. The Balaban J connectivity index is 1.44. The summed E-state index contributed by atoms with van der Waals surface area (Å²) in [7, 11) is 0. The Hall–Kier alpha value is -3.41. The van der Waals surface area contributed by atoms with Crippen LogP contribution in [-0.2, 0) is 6.54 Å². The Bertz CT molecular complexity index is 1470. The van der Waals surface area contributed by atoms with Crippen LogP contribution in [0.15, 0.2) is 84.0 Å². The van der Waals surface area contributed by atoms with Gasteiger partial charge in [0, 0.05) is 38.8 Å². The van der Waals surface area contributed by atoms with E-state index in [1.54, 1.807) is 6.21 Å². The monoisotopic (exact) mass is 457 g/mol. The minimum absolute atomic E-state index is 0.307. The maximum absolute atomic E-state index is 12.7. The lowest BCUT2D eigenvalue weighted by Crippen LogP contribution is -2.16. The molecular formula is C26H20ClN3OS. The first kappa shape index (κ1) is 20.5. The number of nitrogens with zero attached hydrogens (tertiary/aromatic N) is 2. The van der Waals surface area contributed by atoms with Crippen molar-refractivity contribution in [2.75, 3.05) is 0 Å². The number of amides is 1. The maximum atomic E-state index is 12.7. The maximum Gasteiger partial charge on any atom is 0.283 e. The molecule has 0 radical (unpaired) electrons. The number of carbonyl (C=O) groups excluding carboxylic acids is 1. The lowest BCUT2D eigenvalue weighted by molar-refractivity contribution is 0.0959. The number of aromatic nitrogens is 1. The normalized spacial score (nSPS) is 11.6. The van der Waals surface area contributed by atoms with Crippen LogP contribution < -0.4 is 5.43 Å². The van der Waals surface area contributed by atoms with Crippen molar-refractivity contribution in [3.8, 4) is 0 Å². The van der Waals surface area contributed by atoms with Crippen molar-refractivity contribution in [2.24, 2.45) is 5.10 Å². The van der Waals surface area contributed by atoms with Gasteiger partial charge in [-0.25, -0.2) is 5.43 Å². The summed E-state index contributed by atoms with van der Waals surface area (Å²) in [6.07, 6.45) is 1.72. The van der Waals surface area contributed by atoms with Gasteiger partial charge < -0.3 is 4.57 Å². The molecule has 0 saturated heterocycles. The molecule has 32 heavy (non-hydrogen) atoms. The molecule has 0 aliphatic heterocycles. The summed E-state index contributed by atoms with van der Waals surface area (Å²) in [6.45, 7) is 2.85. The van der Waals surface area contributed by atoms with Gasteiger partial charge in [0.2, 0.25) is 0 Å². The molecule has 2 heterocycles. The molecule has 4 nitrogen and oxygen atoms in total. The van der Waals surface area contributed by atoms with Crippen LogP contribution >= 0.6 is 22.9 Å². The zero-order chi connectivity index (χ0) is 22.1. The van der Waals surface area contributed by atoms with Crippen LogP contribution in [0, 0.1) is 6.92 Å². The number of rotatable bonds is 5. The smallest absolute Gasteiger partial charge is 0.283 e. The van der Waals surface area contributed by atoms with Crippen LogP contribution in [-0.4, -0.2) is 16.7 Å². The number of carbonyl (C=O) groups is 1. The number of benzene rings is 3. The molecule has 3 aromatic carbocycles. The quantitative estimate of drug-likeness (QED) is 0.233.